The van der Waals surface area contributed by atoms with Crippen LogP contribution >= 0.6 is 0 Å². The molecule has 2 rings (SSSR count). The van der Waals surface area contributed by atoms with Crippen molar-refractivity contribution in [2.75, 3.05) is 13.4 Å². The van der Waals surface area contributed by atoms with Gasteiger partial charge in [0.2, 0.25) is 0 Å². The molecule has 1 aliphatic heterocycles. The van der Waals surface area contributed by atoms with Crippen molar-refractivity contribution in [3.05, 3.63) is 35.9 Å². The van der Waals surface area contributed by atoms with E-state index in [1.165, 1.54) is 6.08 Å². The Morgan fingerprint density at radius 2 is 1.89 bits per heavy atom. The van der Waals surface area contributed by atoms with Gasteiger partial charge in [0.15, 0.2) is 6.79 Å². The summed E-state index contributed by atoms with van der Waals surface area (Å²) in [5.74, 6) is -0.104. The molecule has 0 saturated carbocycles. The number of ether oxygens (including phenoxy) is 2. The summed E-state index contributed by atoms with van der Waals surface area (Å²) in [7, 11) is 0. The van der Waals surface area contributed by atoms with Gasteiger partial charge in [0, 0.05) is 12.7 Å². The molecule has 5 heteroatoms. The summed E-state index contributed by atoms with van der Waals surface area (Å²) in [6, 6.07) is 6.91. The Hall–Kier alpha value is -2.14. The number of amides is 2. The second-order valence-corrected chi connectivity index (χ2v) is 3.66. The zero-order valence-corrected chi connectivity index (χ0v) is 9.93. The van der Waals surface area contributed by atoms with Gasteiger partial charge in [-0.1, -0.05) is 12.1 Å². The van der Waals surface area contributed by atoms with Crippen LogP contribution in [0.15, 0.2) is 30.3 Å². The van der Waals surface area contributed by atoms with Gasteiger partial charge < -0.3 is 9.47 Å². The van der Waals surface area contributed by atoms with Crippen molar-refractivity contribution in [2.24, 2.45) is 0 Å². The fraction of sp³-hybridized carbons (Fsp3) is 0.231. The Morgan fingerprint density at radius 1 is 1.17 bits per heavy atom. The fourth-order valence-corrected chi connectivity index (χ4v) is 1.55. The average Bonchev–Trinajstić information content (AvgIpc) is 2.70. The van der Waals surface area contributed by atoms with Gasteiger partial charge in [-0.05, 0) is 24.6 Å². The molecule has 18 heavy (non-hydrogen) atoms. The lowest BCUT2D eigenvalue weighted by Gasteiger charge is -2.06. The van der Waals surface area contributed by atoms with Crippen molar-refractivity contribution in [3.8, 4) is 5.75 Å². The Kier molecular flexibility index (Phi) is 3.74. The highest BCUT2D eigenvalue weighted by Gasteiger charge is 2.21. The molecule has 0 radical (unpaired) electrons. The van der Waals surface area contributed by atoms with Gasteiger partial charge in [-0.3, -0.25) is 14.9 Å². The van der Waals surface area contributed by atoms with Crippen molar-refractivity contribution < 1.29 is 19.1 Å². The van der Waals surface area contributed by atoms with Crippen molar-refractivity contribution >= 4 is 17.4 Å². The summed E-state index contributed by atoms with van der Waals surface area (Å²) < 4.78 is 10.4. The number of hydrogen-bond acceptors (Lipinski definition) is 4. The smallest absolute Gasteiger partial charge is 0.258 e. The van der Waals surface area contributed by atoms with E-state index in [0.29, 0.717) is 23.5 Å². The molecule has 1 heterocycles. The Bertz CT molecular complexity index is 490. The van der Waals surface area contributed by atoms with E-state index in [0.717, 1.165) is 0 Å². The van der Waals surface area contributed by atoms with Crippen LogP contribution in [-0.4, -0.2) is 25.2 Å². The second-order valence-electron chi connectivity index (χ2n) is 3.66. The lowest BCUT2D eigenvalue weighted by molar-refractivity contribution is -0.123. The maximum atomic E-state index is 11.4. The van der Waals surface area contributed by atoms with E-state index in [2.05, 4.69) is 5.32 Å². The third kappa shape index (κ3) is 2.75. The summed E-state index contributed by atoms with van der Waals surface area (Å²) in [4.78, 5) is 22.5. The Morgan fingerprint density at radius 3 is 2.44 bits per heavy atom. The molecule has 5 nitrogen and oxygen atoms in total. The largest absolute Gasteiger partial charge is 0.468 e. The van der Waals surface area contributed by atoms with Crippen LogP contribution in [0.2, 0.25) is 0 Å². The molecule has 1 N–H and O–H groups in total. The zero-order chi connectivity index (χ0) is 13.0. The van der Waals surface area contributed by atoms with E-state index >= 15 is 0 Å². The van der Waals surface area contributed by atoms with E-state index in [1.807, 2.05) is 6.92 Å². The van der Waals surface area contributed by atoms with Crippen molar-refractivity contribution in [1.29, 1.82) is 0 Å². The van der Waals surface area contributed by atoms with Crippen molar-refractivity contribution in [1.82, 2.24) is 5.32 Å². The first-order chi connectivity index (χ1) is 8.70. The molecule has 2 amide bonds. The van der Waals surface area contributed by atoms with Crippen LogP contribution in [0, 0.1) is 0 Å². The first-order valence-electron chi connectivity index (χ1n) is 5.58. The first-order valence-corrected chi connectivity index (χ1v) is 5.58. The van der Waals surface area contributed by atoms with Gasteiger partial charge in [0.05, 0.1) is 5.57 Å². The molecule has 94 valence electrons. The molecule has 1 aromatic rings. The number of benzene rings is 1. The lowest BCUT2D eigenvalue weighted by Crippen LogP contribution is -2.21. The molecule has 0 atom stereocenters. The molecule has 0 aromatic heterocycles. The summed E-state index contributed by atoms with van der Waals surface area (Å²) >= 11 is 0. The molecule has 0 fully saturated rings. The second kappa shape index (κ2) is 5.46. The lowest BCUT2D eigenvalue weighted by atomic mass is 10.1. The molecule has 1 aliphatic rings. The van der Waals surface area contributed by atoms with E-state index in [1.54, 1.807) is 24.3 Å². The predicted molar refractivity (Wildman–Crippen MR) is 64.7 cm³/mol. The van der Waals surface area contributed by atoms with Gasteiger partial charge in [-0.15, -0.1) is 0 Å². The molecule has 0 spiro atoms. The van der Waals surface area contributed by atoms with Crippen LogP contribution in [0.25, 0.3) is 5.57 Å². The number of nitrogens with one attached hydrogen (secondary N) is 1. The summed E-state index contributed by atoms with van der Waals surface area (Å²) in [5.41, 5.74) is 1.05. The zero-order valence-electron chi connectivity index (χ0n) is 9.93. The fourth-order valence-electron chi connectivity index (χ4n) is 1.55. The van der Waals surface area contributed by atoms with Crippen molar-refractivity contribution in [2.45, 2.75) is 6.92 Å². The van der Waals surface area contributed by atoms with Crippen LogP contribution in [0.5, 0.6) is 5.75 Å². The normalized spacial score (nSPS) is 14.4. The van der Waals surface area contributed by atoms with E-state index in [-0.39, 0.29) is 18.6 Å². The highest BCUT2D eigenvalue weighted by molar-refractivity contribution is 6.33. The standard InChI is InChI=1S/C13H13NO4/c1-2-17-8-18-10-5-3-9(4-6-10)11-7-12(15)14-13(11)16/h3-7H,2,8H2,1H3,(H,14,15,16). The van der Waals surface area contributed by atoms with Crippen LogP contribution in [0.3, 0.4) is 0 Å². The minimum absolute atomic E-state index is 0.192. The third-order valence-corrected chi connectivity index (χ3v) is 2.44. The summed E-state index contributed by atoms with van der Waals surface area (Å²) in [5, 5.41) is 2.20. The maximum absolute atomic E-state index is 11.4. The van der Waals surface area contributed by atoms with Crippen LogP contribution in [0.1, 0.15) is 12.5 Å². The topological polar surface area (TPSA) is 64.6 Å². The predicted octanol–water partition coefficient (Wildman–Crippen LogP) is 1.10. The quantitative estimate of drug-likeness (QED) is 0.480. The molecular formula is C13H13NO4. The molecule has 1 aromatic carbocycles. The van der Waals surface area contributed by atoms with E-state index in [9.17, 15) is 9.59 Å². The van der Waals surface area contributed by atoms with Crippen LogP contribution in [-0.2, 0) is 14.3 Å². The van der Waals surface area contributed by atoms with Crippen LogP contribution < -0.4 is 10.1 Å². The minimum atomic E-state index is -0.383. The van der Waals surface area contributed by atoms with E-state index < -0.39 is 0 Å². The number of hydrogen-bond donors (Lipinski definition) is 1. The molecule has 0 unspecified atom stereocenters. The van der Waals surface area contributed by atoms with Crippen molar-refractivity contribution in [3.63, 3.8) is 0 Å². The van der Waals surface area contributed by atoms with Gasteiger partial charge in [-0.2, -0.15) is 0 Å². The van der Waals surface area contributed by atoms with Gasteiger partial charge >= 0.3 is 0 Å². The highest BCUT2D eigenvalue weighted by atomic mass is 16.7. The van der Waals surface area contributed by atoms with E-state index in [4.69, 9.17) is 9.47 Å². The summed E-state index contributed by atoms with van der Waals surface area (Å²) in [6.45, 7) is 2.67. The SMILES string of the molecule is CCOCOc1ccc(C2=CC(=O)NC2=O)cc1. The third-order valence-electron chi connectivity index (χ3n) is 2.44. The number of imide groups is 1. The Labute approximate surface area is 104 Å². The molecular weight excluding hydrogens is 234 g/mol. The first kappa shape index (κ1) is 12.3. The minimum Gasteiger partial charge on any atom is -0.468 e. The molecule has 0 saturated heterocycles. The Balaban J connectivity index is 2.06. The molecule has 0 aliphatic carbocycles. The maximum Gasteiger partial charge on any atom is 0.258 e. The van der Waals surface area contributed by atoms with Gasteiger partial charge in [-0.25, -0.2) is 0 Å². The number of carbonyl (C=O) groups is 2. The average molecular weight is 247 g/mol. The van der Waals surface area contributed by atoms with Crippen LogP contribution in [0.4, 0.5) is 0 Å². The summed E-state index contributed by atoms with van der Waals surface area (Å²) in [6.07, 6.45) is 1.29. The molecule has 0 bridgehead atoms. The van der Waals surface area contributed by atoms with Gasteiger partial charge in [0.1, 0.15) is 5.75 Å². The number of rotatable bonds is 5. The van der Waals surface area contributed by atoms with Gasteiger partial charge in [0.25, 0.3) is 11.8 Å². The number of carbonyl (C=O) groups excluding carboxylic acids is 2. The monoisotopic (exact) mass is 247 g/mol. The highest BCUT2D eigenvalue weighted by Crippen LogP contribution is 2.21.